The molecule has 2 aromatic rings. The van der Waals surface area contributed by atoms with Crippen molar-refractivity contribution in [2.75, 3.05) is 14.2 Å². The molecule has 134 valence electrons. The first kappa shape index (κ1) is 19.0. The van der Waals surface area contributed by atoms with Crippen molar-refractivity contribution in [3.8, 4) is 5.75 Å². The number of rotatable bonds is 6. The molecule has 0 aliphatic carbocycles. The van der Waals surface area contributed by atoms with Gasteiger partial charge in [0.15, 0.2) is 0 Å². The molecule has 0 fully saturated rings. The summed E-state index contributed by atoms with van der Waals surface area (Å²) in [5, 5.41) is 5.15. The molecule has 7 heteroatoms. The predicted octanol–water partition coefficient (Wildman–Crippen LogP) is 2.18. The van der Waals surface area contributed by atoms with Gasteiger partial charge in [0.1, 0.15) is 5.75 Å². The van der Waals surface area contributed by atoms with Crippen LogP contribution in [0, 0.1) is 0 Å². The summed E-state index contributed by atoms with van der Waals surface area (Å²) in [6.07, 6.45) is 0.951. The van der Waals surface area contributed by atoms with E-state index in [4.69, 9.17) is 9.88 Å². The van der Waals surface area contributed by atoms with Crippen molar-refractivity contribution in [2.24, 2.45) is 5.14 Å². The fourth-order valence-electron chi connectivity index (χ4n) is 2.46. The summed E-state index contributed by atoms with van der Waals surface area (Å²) in [7, 11) is -0.828. The van der Waals surface area contributed by atoms with Gasteiger partial charge in [0.25, 0.3) is 5.91 Å². The number of carbonyl (C=O) groups is 1. The molecule has 1 amide bonds. The number of ether oxygens (including phenoxy) is 1. The van der Waals surface area contributed by atoms with Crippen LogP contribution >= 0.6 is 0 Å². The highest BCUT2D eigenvalue weighted by Gasteiger charge is 2.20. The lowest BCUT2D eigenvalue weighted by Gasteiger charge is -2.19. The minimum Gasteiger partial charge on any atom is -0.496 e. The molecule has 2 aromatic carbocycles. The van der Waals surface area contributed by atoms with Gasteiger partial charge in [-0.15, -0.1) is 0 Å². The van der Waals surface area contributed by atoms with E-state index in [0.717, 1.165) is 12.0 Å². The van der Waals surface area contributed by atoms with E-state index in [2.05, 4.69) is 6.92 Å². The normalized spacial score (nSPS) is 11.2. The Morgan fingerprint density at radius 3 is 2.24 bits per heavy atom. The summed E-state index contributed by atoms with van der Waals surface area (Å²) in [6.45, 7) is 2.47. The monoisotopic (exact) mass is 362 g/mol. The fraction of sp³-hybridized carbons (Fsp3) is 0.278. The van der Waals surface area contributed by atoms with Crippen LogP contribution in [0.4, 0.5) is 0 Å². The maximum absolute atomic E-state index is 12.7. The zero-order chi connectivity index (χ0) is 18.6. The van der Waals surface area contributed by atoms with Gasteiger partial charge >= 0.3 is 0 Å². The van der Waals surface area contributed by atoms with E-state index in [1.165, 1.54) is 35.8 Å². The minimum atomic E-state index is -3.90. The van der Waals surface area contributed by atoms with Crippen molar-refractivity contribution >= 4 is 15.9 Å². The SMILES string of the molecule is CCc1ccc(CN(C)C(=O)c2cc(S(N)(=O)=O)ccc2OC)cc1. The van der Waals surface area contributed by atoms with Crippen LogP contribution in [0.3, 0.4) is 0 Å². The van der Waals surface area contributed by atoms with Gasteiger partial charge in [0.2, 0.25) is 10.0 Å². The van der Waals surface area contributed by atoms with Crippen molar-refractivity contribution in [1.82, 2.24) is 4.90 Å². The van der Waals surface area contributed by atoms with Crippen LogP contribution in [0.5, 0.6) is 5.75 Å². The van der Waals surface area contributed by atoms with Gasteiger partial charge in [0, 0.05) is 13.6 Å². The van der Waals surface area contributed by atoms with Gasteiger partial charge in [-0.1, -0.05) is 31.2 Å². The molecular weight excluding hydrogens is 340 g/mol. The average Bonchev–Trinajstić information content (AvgIpc) is 2.60. The zero-order valence-electron chi connectivity index (χ0n) is 14.5. The summed E-state index contributed by atoms with van der Waals surface area (Å²) in [4.78, 5) is 14.1. The van der Waals surface area contributed by atoms with Gasteiger partial charge in [-0.2, -0.15) is 0 Å². The summed E-state index contributed by atoms with van der Waals surface area (Å²) in [6, 6.07) is 12.0. The van der Waals surface area contributed by atoms with Crippen LogP contribution in [0.25, 0.3) is 0 Å². The maximum Gasteiger partial charge on any atom is 0.257 e. The summed E-state index contributed by atoms with van der Waals surface area (Å²) >= 11 is 0. The number of nitrogens with two attached hydrogens (primary N) is 1. The number of aryl methyl sites for hydroxylation is 1. The molecule has 6 nitrogen and oxygen atoms in total. The van der Waals surface area contributed by atoms with E-state index in [9.17, 15) is 13.2 Å². The molecule has 0 saturated heterocycles. The molecular formula is C18H22N2O4S. The number of sulfonamides is 1. The Bertz CT molecular complexity index is 861. The summed E-state index contributed by atoms with van der Waals surface area (Å²) < 4.78 is 28.3. The first-order chi connectivity index (χ1) is 11.8. The first-order valence-electron chi connectivity index (χ1n) is 7.80. The number of hydrogen-bond acceptors (Lipinski definition) is 4. The van der Waals surface area contributed by atoms with Crippen molar-refractivity contribution in [3.05, 3.63) is 59.2 Å². The molecule has 0 radical (unpaired) electrons. The molecule has 2 rings (SSSR count). The number of carbonyl (C=O) groups excluding carboxylic acids is 1. The van der Waals surface area contributed by atoms with Crippen LogP contribution in [0.2, 0.25) is 0 Å². The largest absolute Gasteiger partial charge is 0.496 e. The van der Waals surface area contributed by atoms with Gasteiger partial charge in [-0.25, -0.2) is 13.6 Å². The molecule has 0 spiro atoms. The third kappa shape index (κ3) is 4.58. The lowest BCUT2D eigenvalue weighted by Crippen LogP contribution is -2.27. The maximum atomic E-state index is 12.7. The molecule has 25 heavy (non-hydrogen) atoms. The Balaban J connectivity index is 2.28. The minimum absolute atomic E-state index is 0.127. The number of nitrogens with zero attached hydrogens (tertiary/aromatic N) is 1. The Hall–Kier alpha value is -2.38. The van der Waals surface area contributed by atoms with Crippen LogP contribution in [0.15, 0.2) is 47.4 Å². The van der Waals surface area contributed by atoms with E-state index in [1.807, 2.05) is 24.3 Å². The van der Waals surface area contributed by atoms with Gasteiger partial charge in [0.05, 0.1) is 17.6 Å². The standard InChI is InChI=1S/C18H22N2O4S/c1-4-13-5-7-14(8-6-13)12-20(2)18(21)16-11-15(25(19,22)23)9-10-17(16)24-3/h5-11H,4,12H2,1-3H3,(H2,19,22,23). The van der Waals surface area contributed by atoms with Gasteiger partial charge in [-0.05, 0) is 35.7 Å². The molecule has 0 unspecified atom stereocenters. The molecule has 0 aromatic heterocycles. The first-order valence-corrected chi connectivity index (χ1v) is 9.35. The molecule has 0 saturated carbocycles. The molecule has 0 atom stereocenters. The lowest BCUT2D eigenvalue weighted by atomic mass is 10.1. The predicted molar refractivity (Wildman–Crippen MR) is 96.0 cm³/mol. The highest BCUT2D eigenvalue weighted by atomic mass is 32.2. The Kier molecular flexibility index (Phi) is 5.81. The fourth-order valence-corrected chi connectivity index (χ4v) is 3.00. The molecule has 0 bridgehead atoms. The number of hydrogen-bond donors (Lipinski definition) is 1. The van der Waals surface area contributed by atoms with E-state index < -0.39 is 10.0 Å². The number of methoxy groups -OCH3 is 1. The number of primary sulfonamides is 1. The lowest BCUT2D eigenvalue weighted by molar-refractivity contribution is 0.0781. The van der Waals surface area contributed by atoms with Crippen LogP contribution < -0.4 is 9.88 Å². The highest BCUT2D eigenvalue weighted by Crippen LogP contribution is 2.23. The Morgan fingerprint density at radius 1 is 1.12 bits per heavy atom. The van der Waals surface area contributed by atoms with Crippen LogP contribution in [-0.2, 0) is 23.0 Å². The average molecular weight is 362 g/mol. The van der Waals surface area contributed by atoms with Gasteiger partial charge < -0.3 is 9.64 Å². The van der Waals surface area contributed by atoms with Crippen molar-refractivity contribution < 1.29 is 17.9 Å². The smallest absolute Gasteiger partial charge is 0.257 e. The quantitative estimate of drug-likeness (QED) is 0.853. The van der Waals surface area contributed by atoms with E-state index in [-0.39, 0.29) is 16.4 Å². The molecule has 2 N–H and O–H groups in total. The Morgan fingerprint density at radius 2 is 1.72 bits per heavy atom. The number of benzene rings is 2. The highest BCUT2D eigenvalue weighted by molar-refractivity contribution is 7.89. The van der Waals surface area contributed by atoms with E-state index in [0.29, 0.717) is 12.3 Å². The second kappa shape index (κ2) is 7.67. The van der Waals surface area contributed by atoms with Crippen LogP contribution in [-0.4, -0.2) is 33.4 Å². The summed E-state index contributed by atoms with van der Waals surface area (Å²) in [5.41, 5.74) is 2.36. The third-order valence-electron chi connectivity index (χ3n) is 3.93. The summed E-state index contributed by atoms with van der Waals surface area (Å²) in [5.74, 6) is -0.0486. The second-order valence-corrected chi connectivity index (χ2v) is 7.30. The van der Waals surface area contributed by atoms with E-state index in [1.54, 1.807) is 7.05 Å². The van der Waals surface area contributed by atoms with Crippen LogP contribution in [0.1, 0.15) is 28.4 Å². The van der Waals surface area contributed by atoms with Crippen molar-refractivity contribution in [1.29, 1.82) is 0 Å². The Labute approximate surface area is 148 Å². The van der Waals surface area contributed by atoms with Crippen molar-refractivity contribution in [3.63, 3.8) is 0 Å². The van der Waals surface area contributed by atoms with E-state index >= 15 is 0 Å². The second-order valence-electron chi connectivity index (χ2n) is 5.74. The van der Waals surface area contributed by atoms with Gasteiger partial charge in [-0.3, -0.25) is 4.79 Å². The zero-order valence-corrected chi connectivity index (χ0v) is 15.3. The third-order valence-corrected chi connectivity index (χ3v) is 4.84. The number of amides is 1. The molecule has 0 aliphatic rings. The molecule has 0 heterocycles. The topological polar surface area (TPSA) is 89.7 Å². The molecule has 0 aliphatic heterocycles. The van der Waals surface area contributed by atoms with Crippen molar-refractivity contribution in [2.45, 2.75) is 24.8 Å².